The summed E-state index contributed by atoms with van der Waals surface area (Å²) in [6, 6.07) is 7.68. The van der Waals surface area contributed by atoms with Gasteiger partial charge in [0.2, 0.25) is 0 Å². The number of aromatic nitrogens is 5. The van der Waals surface area contributed by atoms with Crippen LogP contribution in [0.4, 0.5) is 10.6 Å². The summed E-state index contributed by atoms with van der Waals surface area (Å²) in [7, 11) is 0. The van der Waals surface area contributed by atoms with Crippen LogP contribution in [0.2, 0.25) is 0 Å². The summed E-state index contributed by atoms with van der Waals surface area (Å²) in [5, 5.41) is 21.4. The molecule has 1 amide bonds. The first-order valence-corrected chi connectivity index (χ1v) is 7.65. The molecule has 0 aliphatic heterocycles. The van der Waals surface area contributed by atoms with Gasteiger partial charge in [-0.25, -0.2) is 14.5 Å². The minimum Gasteiger partial charge on any atom is -0.465 e. The van der Waals surface area contributed by atoms with Crippen molar-refractivity contribution in [2.75, 3.05) is 12.3 Å². The zero-order valence-electron chi connectivity index (χ0n) is 13.1. The number of amides is 1. The molecule has 1 aromatic carbocycles. The average molecular weight is 337 g/mol. The Bertz CT molecular complexity index is 1070. The third-order valence-electron chi connectivity index (χ3n) is 3.90. The smallest absolute Gasteiger partial charge is 0.404 e. The first kappa shape index (κ1) is 14.9. The first-order chi connectivity index (χ1) is 12.1. The van der Waals surface area contributed by atoms with E-state index >= 15 is 0 Å². The molecule has 9 heteroatoms. The van der Waals surface area contributed by atoms with Crippen molar-refractivity contribution in [3.63, 3.8) is 0 Å². The molecule has 4 N–H and O–H groups in total. The second-order valence-electron chi connectivity index (χ2n) is 5.54. The van der Waals surface area contributed by atoms with Crippen LogP contribution in [0.25, 0.3) is 27.5 Å². The van der Waals surface area contributed by atoms with Crippen molar-refractivity contribution < 1.29 is 9.90 Å². The van der Waals surface area contributed by atoms with E-state index in [1.165, 1.54) is 0 Å². The molecule has 0 saturated heterocycles. The fourth-order valence-electron chi connectivity index (χ4n) is 2.79. The lowest BCUT2D eigenvalue weighted by Gasteiger charge is -2.05. The lowest BCUT2D eigenvalue weighted by Crippen LogP contribution is -2.25. The van der Waals surface area contributed by atoms with Gasteiger partial charge in [-0.2, -0.15) is 10.2 Å². The molecule has 25 heavy (non-hydrogen) atoms. The number of nitrogens with one attached hydrogen (secondary N) is 1. The molecule has 0 bridgehead atoms. The molecule has 9 nitrogen and oxygen atoms in total. The maximum absolute atomic E-state index is 10.5. The molecule has 3 aromatic heterocycles. The van der Waals surface area contributed by atoms with Crippen molar-refractivity contribution >= 4 is 33.7 Å². The molecule has 0 fully saturated rings. The normalized spacial score (nSPS) is 11.2. The highest BCUT2D eigenvalue weighted by atomic mass is 16.4. The predicted molar refractivity (Wildman–Crippen MR) is 92.6 cm³/mol. The van der Waals surface area contributed by atoms with Crippen LogP contribution in [0.15, 0.2) is 42.9 Å². The van der Waals surface area contributed by atoms with E-state index in [0.717, 1.165) is 22.0 Å². The number of nitrogens with zero attached hydrogens (tertiary/aromatic N) is 5. The second-order valence-corrected chi connectivity index (χ2v) is 5.54. The van der Waals surface area contributed by atoms with Crippen molar-refractivity contribution in [3.05, 3.63) is 42.9 Å². The SMILES string of the molecule is Nc1nc2cc(-n3cccn3)ccc2c2cn(CCNC(=O)O)nc12. The monoisotopic (exact) mass is 337 g/mol. The Labute approximate surface area is 141 Å². The molecule has 126 valence electrons. The van der Waals surface area contributed by atoms with Gasteiger partial charge in [-0.05, 0) is 24.3 Å². The molecule has 0 unspecified atom stereocenters. The number of anilines is 1. The fourth-order valence-corrected chi connectivity index (χ4v) is 2.79. The summed E-state index contributed by atoms with van der Waals surface area (Å²) in [6.45, 7) is 0.672. The number of benzene rings is 1. The fraction of sp³-hybridized carbons (Fsp3) is 0.125. The Morgan fingerprint density at radius 3 is 2.96 bits per heavy atom. The van der Waals surface area contributed by atoms with E-state index in [2.05, 4.69) is 20.5 Å². The zero-order chi connectivity index (χ0) is 17.4. The molecular formula is C16H15N7O2. The molecule has 0 spiro atoms. The number of hydrogen-bond donors (Lipinski definition) is 3. The van der Waals surface area contributed by atoms with Crippen molar-refractivity contribution in [1.82, 2.24) is 29.9 Å². The summed E-state index contributed by atoms with van der Waals surface area (Å²) in [5.41, 5.74) is 8.31. The Balaban J connectivity index is 1.77. The average Bonchev–Trinajstić information content (AvgIpc) is 3.24. The highest BCUT2D eigenvalue weighted by molar-refractivity contribution is 6.08. The van der Waals surface area contributed by atoms with Gasteiger partial charge in [0, 0.05) is 35.9 Å². The highest BCUT2D eigenvalue weighted by Crippen LogP contribution is 2.28. The van der Waals surface area contributed by atoms with Crippen LogP contribution < -0.4 is 11.1 Å². The quantitative estimate of drug-likeness (QED) is 0.520. The van der Waals surface area contributed by atoms with E-state index in [0.29, 0.717) is 17.9 Å². The molecule has 0 aliphatic carbocycles. The van der Waals surface area contributed by atoms with Gasteiger partial charge in [-0.15, -0.1) is 0 Å². The molecule has 0 atom stereocenters. The van der Waals surface area contributed by atoms with Crippen molar-refractivity contribution in [2.24, 2.45) is 0 Å². The van der Waals surface area contributed by atoms with E-state index in [1.807, 2.05) is 36.7 Å². The molecule has 4 rings (SSSR count). The number of pyridine rings is 1. The Hall–Kier alpha value is -3.62. The Kier molecular flexibility index (Phi) is 3.46. The maximum atomic E-state index is 10.5. The molecule has 4 aromatic rings. The van der Waals surface area contributed by atoms with Crippen molar-refractivity contribution in [2.45, 2.75) is 6.54 Å². The molecule has 3 heterocycles. The van der Waals surface area contributed by atoms with Crippen LogP contribution in [0.1, 0.15) is 0 Å². The number of carbonyl (C=O) groups is 1. The van der Waals surface area contributed by atoms with E-state index in [4.69, 9.17) is 10.8 Å². The van der Waals surface area contributed by atoms with Crippen LogP contribution in [-0.2, 0) is 6.54 Å². The Morgan fingerprint density at radius 2 is 2.20 bits per heavy atom. The van der Waals surface area contributed by atoms with Gasteiger partial charge in [-0.3, -0.25) is 4.68 Å². The van der Waals surface area contributed by atoms with Crippen LogP contribution in [0, 0.1) is 0 Å². The number of carboxylic acid groups (broad SMARTS) is 1. The lowest BCUT2D eigenvalue weighted by atomic mass is 10.1. The number of fused-ring (bicyclic) bond motifs is 3. The van der Waals surface area contributed by atoms with Gasteiger partial charge in [0.05, 0.1) is 17.7 Å². The molecular weight excluding hydrogens is 322 g/mol. The second kappa shape index (κ2) is 5.78. The van der Waals surface area contributed by atoms with Gasteiger partial charge >= 0.3 is 6.09 Å². The number of hydrogen-bond acceptors (Lipinski definition) is 5. The van der Waals surface area contributed by atoms with Gasteiger partial charge < -0.3 is 16.2 Å². The number of nitrogen functional groups attached to an aromatic ring is 1. The van der Waals surface area contributed by atoms with E-state index in [9.17, 15) is 4.79 Å². The van der Waals surface area contributed by atoms with Gasteiger partial charge in [-0.1, -0.05) is 0 Å². The topological polar surface area (TPSA) is 124 Å². The van der Waals surface area contributed by atoms with Gasteiger partial charge in [0.25, 0.3) is 0 Å². The standard InChI is InChI=1S/C16H15N7O2/c17-15-14-12(9-22(21-14)7-5-18-16(24)25)11-3-2-10(8-13(11)20-15)23-6-1-4-19-23/h1-4,6,8-9,18H,5,7H2,(H2,17,20)(H,24,25). The summed E-state index contributed by atoms with van der Waals surface area (Å²) in [4.78, 5) is 15.0. The van der Waals surface area contributed by atoms with E-state index in [1.54, 1.807) is 15.6 Å². The first-order valence-electron chi connectivity index (χ1n) is 7.65. The molecule has 0 saturated carbocycles. The number of rotatable bonds is 4. The lowest BCUT2D eigenvalue weighted by molar-refractivity contribution is 0.194. The van der Waals surface area contributed by atoms with Crippen molar-refractivity contribution in [1.29, 1.82) is 0 Å². The van der Waals surface area contributed by atoms with E-state index in [-0.39, 0.29) is 6.54 Å². The molecule has 0 aliphatic rings. The maximum Gasteiger partial charge on any atom is 0.404 e. The summed E-state index contributed by atoms with van der Waals surface area (Å²) >= 11 is 0. The zero-order valence-corrected chi connectivity index (χ0v) is 13.1. The van der Waals surface area contributed by atoms with Crippen LogP contribution in [0.3, 0.4) is 0 Å². The van der Waals surface area contributed by atoms with Gasteiger partial charge in [0.1, 0.15) is 5.52 Å². The third kappa shape index (κ3) is 2.71. The summed E-state index contributed by atoms with van der Waals surface area (Å²) < 4.78 is 3.42. The van der Waals surface area contributed by atoms with E-state index < -0.39 is 6.09 Å². The van der Waals surface area contributed by atoms with Crippen molar-refractivity contribution in [3.8, 4) is 5.69 Å². The van der Waals surface area contributed by atoms with Gasteiger partial charge in [0.15, 0.2) is 5.82 Å². The van der Waals surface area contributed by atoms with Crippen LogP contribution >= 0.6 is 0 Å². The number of nitrogens with two attached hydrogens (primary N) is 1. The minimum absolute atomic E-state index is 0.262. The molecule has 0 radical (unpaired) electrons. The van der Waals surface area contributed by atoms with Crippen LogP contribution in [0.5, 0.6) is 0 Å². The largest absolute Gasteiger partial charge is 0.465 e. The Morgan fingerprint density at radius 1 is 1.32 bits per heavy atom. The summed E-state index contributed by atoms with van der Waals surface area (Å²) in [6.07, 6.45) is 4.36. The minimum atomic E-state index is -1.06. The highest BCUT2D eigenvalue weighted by Gasteiger charge is 2.12. The predicted octanol–water partition coefficient (Wildman–Crippen LogP) is 1.62. The summed E-state index contributed by atoms with van der Waals surface area (Å²) in [5.74, 6) is 0.338. The van der Waals surface area contributed by atoms with Crippen LogP contribution in [-0.4, -0.2) is 42.3 Å². The third-order valence-corrected chi connectivity index (χ3v) is 3.90.